The zero-order valence-corrected chi connectivity index (χ0v) is 8.03. The number of hydrogen-bond donors (Lipinski definition) is 2. The van der Waals surface area contributed by atoms with Crippen molar-refractivity contribution in [1.29, 1.82) is 0 Å². The molecule has 0 aliphatic heterocycles. The second-order valence-electron chi connectivity index (χ2n) is 3.34. The number of nitrogens with two attached hydrogens (primary N) is 1. The van der Waals surface area contributed by atoms with E-state index in [1.54, 1.807) is 0 Å². The van der Waals surface area contributed by atoms with E-state index in [1.807, 2.05) is 12.1 Å². The molecule has 13 heavy (non-hydrogen) atoms. The van der Waals surface area contributed by atoms with Gasteiger partial charge in [0.15, 0.2) is 0 Å². The van der Waals surface area contributed by atoms with Gasteiger partial charge in [0.2, 0.25) is 0 Å². The van der Waals surface area contributed by atoms with Gasteiger partial charge in [-0.1, -0.05) is 37.6 Å². The molecule has 0 bridgehead atoms. The van der Waals surface area contributed by atoms with Crippen molar-refractivity contribution < 1.29 is 5.11 Å². The zero-order chi connectivity index (χ0) is 9.68. The van der Waals surface area contributed by atoms with Gasteiger partial charge in [0.05, 0.1) is 0 Å². The maximum absolute atomic E-state index is 9.00. The van der Waals surface area contributed by atoms with Crippen LogP contribution in [0, 0.1) is 0 Å². The molecule has 0 spiro atoms. The summed E-state index contributed by atoms with van der Waals surface area (Å²) in [4.78, 5) is 0. The Hall–Kier alpha value is -0.860. The van der Waals surface area contributed by atoms with Crippen LogP contribution in [0.15, 0.2) is 24.3 Å². The van der Waals surface area contributed by atoms with Crippen LogP contribution >= 0.6 is 0 Å². The first kappa shape index (κ1) is 10.2. The van der Waals surface area contributed by atoms with E-state index < -0.39 is 6.23 Å². The fourth-order valence-corrected chi connectivity index (χ4v) is 1.44. The minimum Gasteiger partial charge on any atom is -0.378 e. The molecule has 0 saturated heterocycles. The van der Waals surface area contributed by atoms with Crippen molar-refractivity contribution in [2.75, 3.05) is 0 Å². The summed E-state index contributed by atoms with van der Waals surface area (Å²) in [6.07, 6.45) is 2.04. The first-order valence-corrected chi connectivity index (χ1v) is 4.74. The Balaban J connectivity index is 2.67. The van der Waals surface area contributed by atoms with Crippen LogP contribution in [-0.4, -0.2) is 11.3 Å². The Bertz CT molecular complexity index is 258. The minimum absolute atomic E-state index is 0.539. The largest absolute Gasteiger partial charge is 0.378 e. The van der Waals surface area contributed by atoms with Gasteiger partial charge in [0, 0.05) is 6.42 Å². The topological polar surface area (TPSA) is 46.2 Å². The van der Waals surface area contributed by atoms with Gasteiger partial charge in [-0.05, 0) is 17.5 Å². The molecule has 0 aromatic heterocycles. The first-order chi connectivity index (χ1) is 6.22. The average Bonchev–Trinajstić information content (AvgIpc) is 2.04. The maximum Gasteiger partial charge on any atom is 0.106 e. The van der Waals surface area contributed by atoms with Crippen molar-refractivity contribution in [3.63, 3.8) is 0 Å². The number of aliphatic hydroxyl groups is 1. The molecule has 3 N–H and O–H groups in total. The summed E-state index contributed by atoms with van der Waals surface area (Å²) >= 11 is 0. The third-order valence-corrected chi connectivity index (χ3v) is 1.97. The van der Waals surface area contributed by atoms with Crippen molar-refractivity contribution >= 4 is 0 Å². The second kappa shape index (κ2) is 5.00. The van der Waals surface area contributed by atoms with Crippen molar-refractivity contribution in [1.82, 2.24) is 0 Å². The zero-order valence-electron chi connectivity index (χ0n) is 8.03. The van der Waals surface area contributed by atoms with Gasteiger partial charge in [0.25, 0.3) is 0 Å². The molecular weight excluding hydrogens is 162 g/mol. The summed E-state index contributed by atoms with van der Waals surface area (Å²) in [5.74, 6) is 0. The summed E-state index contributed by atoms with van der Waals surface area (Å²) in [6.45, 7) is 2.16. The Morgan fingerprint density at radius 3 is 2.69 bits per heavy atom. The van der Waals surface area contributed by atoms with Crippen LogP contribution < -0.4 is 5.73 Å². The van der Waals surface area contributed by atoms with Crippen LogP contribution in [0.3, 0.4) is 0 Å². The number of hydrogen-bond acceptors (Lipinski definition) is 2. The summed E-state index contributed by atoms with van der Waals surface area (Å²) in [5, 5.41) is 9.00. The van der Waals surface area contributed by atoms with Gasteiger partial charge in [-0.3, -0.25) is 0 Å². The number of aliphatic hydroxyl groups excluding tert-OH is 1. The Labute approximate surface area is 79.4 Å². The summed E-state index contributed by atoms with van der Waals surface area (Å²) in [5.41, 5.74) is 7.74. The highest BCUT2D eigenvalue weighted by Gasteiger charge is 1.99. The predicted molar refractivity (Wildman–Crippen MR) is 54.3 cm³/mol. The lowest BCUT2D eigenvalue weighted by molar-refractivity contribution is 0.183. The molecule has 0 amide bonds. The Morgan fingerprint density at radius 2 is 2.08 bits per heavy atom. The predicted octanol–water partition coefficient (Wildman–Crippen LogP) is 1.46. The highest BCUT2D eigenvalue weighted by atomic mass is 16.3. The van der Waals surface area contributed by atoms with E-state index in [0.717, 1.165) is 18.4 Å². The standard InChI is InChI=1S/C11H17NO/c1-2-4-9-5-3-6-10(7-9)8-11(12)13/h3,5-7,11,13H,2,4,8,12H2,1H3. The van der Waals surface area contributed by atoms with E-state index in [1.165, 1.54) is 5.56 Å². The van der Waals surface area contributed by atoms with Crippen LogP contribution in [0.4, 0.5) is 0 Å². The van der Waals surface area contributed by atoms with E-state index in [0.29, 0.717) is 6.42 Å². The number of rotatable bonds is 4. The van der Waals surface area contributed by atoms with Crippen LogP contribution in [0.25, 0.3) is 0 Å². The lowest BCUT2D eigenvalue weighted by atomic mass is 10.0. The molecule has 1 unspecified atom stereocenters. The SMILES string of the molecule is CCCc1cccc(CC(N)O)c1. The van der Waals surface area contributed by atoms with Crippen molar-refractivity contribution in [2.45, 2.75) is 32.4 Å². The van der Waals surface area contributed by atoms with Crippen LogP contribution in [0.5, 0.6) is 0 Å². The number of aryl methyl sites for hydroxylation is 1. The van der Waals surface area contributed by atoms with Crippen LogP contribution in [0.1, 0.15) is 24.5 Å². The molecule has 1 atom stereocenters. The molecule has 0 fully saturated rings. The molecule has 1 aromatic rings. The molecule has 0 saturated carbocycles. The Kier molecular flexibility index (Phi) is 3.93. The van der Waals surface area contributed by atoms with E-state index in [9.17, 15) is 0 Å². The summed E-state index contributed by atoms with van der Waals surface area (Å²) in [7, 11) is 0. The highest BCUT2D eigenvalue weighted by molar-refractivity contribution is 5.23. The normalized spacial score (nSPS) is 12.8. The molecule has 1 aromatic carbocycles. The maximum atomic E-state index is 9.00. The van der Waals surface area contributed by atoms with Gasteiger partial charge in [-0.2, -0.15) is 0 Å². The third-order valence-electron chi connectivity index (χ3n) is 1.97. The smallest absolute Gasteiger partial charge is 0.106 e. The lowest BCUT2D eigenvalue weighted by Crippen LogP contribution is -2.21. The molecule has 1 rings (SSSR count). The molecular formula is C11H17NO. The van der Waals surface area contributed by atoms with Crippen molar-refractivity contribution in [3.8, 4) is 0 Å². The lowest BCUT2D eigenvalue weighted by Gasteiger charge is -2.06. The average molecular weight is 179 g/mol. The van der Waals surface area contributed by atoms with Crippen LogP contribution in [-0.2, 0) is 12.8 Å². The van der Waals surface area contributed by atoms with Gasteiger partial charge in [-0.15, -0.1) is 0 Å². The monoisotopic (exact) mass is 179 g/mol. The van der Waals surface area contributed by atoms with Gasteiger partial charge >= 0.3 is 0 Å². The van der Waals surface area contributed by atoms with E-state index in [4.69, 9.17) is 10.8 Å². The molecule has 0 radical (unpaired) electrons. The fraction of sp³-hybridized carbons (Fsp3) is 0.455. The molecule has 2 nitrogen and oxygen atoms in total. The first-order valence-electron chi connectivity index (χ1n) is 4.74. The Morgan fingerprint density at radius 1 is 1.38 bits per heavy atom. The number of benzene rings is 1. The van der Waals surface area contributed by atoms with Crippen molar-refractivity contribution in [3.05, 3.63) is 35.4 Å². The van der Waals surface area contributed by atoms with Crippen molar-refractivity contribution in [2.24, 2.45) is 5.73 Å². The van der Waals surface area contributed by atoms with E-state index in [-0.39, 0.29) is 0 Å². The minimum atomic E-state index is -0.739. The molecule has 2 heteroatoms. The molecule has 0 aliphatic carbocycles. The van der Waals surface area contributed by atoms with Gasteiger partial charge in [-0.25, -0.2) is 0 Å². The highest BCUT2D eigenvalue weighted by Crippen LogP contribution is 2.08. The van der Waals surface area contributed by atoms with E-state index >= 15 is 0 Å². The van der Waals surface area contributed by atoms with E-state index in [2.05, 4.69) is 19.1 Å². The molecule has 0 aliphatic rings. The fourth-order valence-electron chi connectivity index (χ4n) is 1.44. The third kappa shape index (κ3) is 3.57. The molecule has 72 valence electrons. The van der Waals surface area contributed by atoms with Gasteiger partial charge in [0.1, 0.15) is 6.23 Å². The second-order valence-corrected chi connectivity index (χ2v) is 3.34. The summed E-state index contributed by atoms with van der Waals surface area (Å²) in [6, 6.07) is 8.23. The summed E-state index contributed by atoms with van der Waals surface area (Å²) < 4.78 is 0. The molecule has 0 heterocycles. The van der Waals surface area contributed by atoms with Crippen LogP contribution in [0.2, 0.25) is 0 Å². The quantitative estimate of drug-likeness (QED) is 0.687. The van der Waals surface area contributed by atoms with Gasteiger partial charge < -0.3 is 10.8 Å².